The SMILES string of the molecule is Fc1cccc(OCc2csc3c(Cl)cccc23)c1. The summed E-state index contributed by atoms with van der Waals surface area (Å²) in [5.74, 6) is 0.233. The maximum Gasteiger partial charge on any atom is 0.126 e. The monoisotopic (exact) mass is 292 g/mol. The average molecular weight is 293 g/mol. The lowest BCUT2D eigenvalue weighted by Gasteiger charge is -2.05. The zero-order valence-corrected chi connectivity index (χ0v) is 11.5. The number of hydrogen-bond donors (Lipinski definition) is 0. The summed E-state index contributed by atoms with van der Waals surface area (Å²) in [5, 5.41) is 3.86. The van der Waals surface area contributed by atoms with Crippen LogP contribution in [0.15, 0.2) is 47.8 Å². The molecule has 0 aliphatic rings. The molecule has 0 fully saturated rings. The molecule has 0 spiro atoms. The van der Waals surface area contributed by atoms with E-state index in [1.54, 1.807) is 23.5 Å². The van der Waals surface area contributed by atoms with Gasteiger partial charge in [0.15, 0.2) is 0 Å². The maximum absolute atomic E-state index is 13.0. The highest BCUT2D eigenvalue weighted by molar-refractivity contribution is 7.18. The highest BCUT2D eigenvalue weighted by atomic mass is 35.5. The van der Waals surface area contributed by atoms with E-state index in [4.69, 9.17) is 16.3 Å². The first-order chi connectivity index (χ1) is 9.24. The highest BCUT2D eigenvalue weighted by Gasteiger charge is 2.07. The molecule has 0 aliphatic heterocycles. The minimum Gasteiger partial charge on any atom is -0.489 e. The van der Waals surface area contributed by atoms with Gasteiger partial charge in [-0.3, -0.25) is 0 Å². The maximum atomic E-state index is 13.0. The summed E-state index contributed by atoms with van der Waals surface area (Å²) in [5.41, 5.74) is 1.06. The van der Waals surface area contributed by atoms with Gasteiger partial charge in [-0.25, -0.2) is 4.39 Å². The summed E-state index contributed by atoms with van der Waals surface area (Å²) in [6.45, 7) is 0.407. The zero-order valence-electron chi connectivity index (χ0n) is 9.90. The lowest BCUT2D eigenvalue weighted by Crippen LogP contribution is -1.94. The van der Waals surface area contributed by atoms with Crippen LogP contribution in [0.25, 0.3) is 10.1 Å². The first-order valence-corrected chi connectivity index (χ1v) is 7.03. The molecule has 0 aliphatic carbocycles. The number of benzene rings is 2. The third kappa shape index (κ3) is 2.57. The van der Waals surface area contributed by atoms with Crippen molar-refractivity contribution in [2.24, 2.45) is 0 Å². The molecule has 0 saturated heterocycles. The van der Waals surface area contributed by atoms with Crippen molar-refractivity contribution in [2.75, 3.05) is 0 Å². The van der Waals surface area contributed by atoms with Gasteiger partial charge in [0.25, 0.3) is 0 Å². The molecular weight excluding hydrogens is 283 g/mol. The molecule has 0 bridgehead atoms. The van der Waals surface area contributed by atoms with Crippen LogP contribution in [0, 0.1) is 5.82 Å². The van der Waals surface area contributed by atoms with Crippen molar-refractivity contribution < 1.29 is 9.13 Å². The van der Waals surface area contributed by atoms with Gasteiger partial charge in [0.2, 0.25) is 0 Å². The molecule has 0 radical (unpaired) electrons. The molecular formula is C15H10ClFOS. The number of halogens is 2. The van der Waals surface area contributed by atoms with Gasteiger partial charge in [0.1, 0.15) is 18.2 Å². The molecule has 1 aromatic heterocycles. The van der Waals surface area contributed by atoms with Crippen molar-refractivity contribution in [3.8, 4) is 5.75 Å². The van der Waals surface area contributed by atoms with Crippen LogP contribution >= 0.6 is 22.9 Å². The van der Waals surface area contributed by atoms with Gasteiger partial charge in [0.05, 0.1) is 9.72 Å². The second-order valence-electron chi connectivity index (χ2n) is 4.12. The number of hydrogen-bond acceptors (Lipinski definition) is 2. The topological polar surface area (TPSA) is 9.23 Å². The van der Waals surface area contributed by atoms with Crippen LogP contribution in [0.3, 0.4) is 0 Å². The van der Waals surface area contributed by atoms with Gasteiger partial charge in [-0.05, 0) is 23.6 Å². The minimum atomic E-state index is -0.296. The lowest BCUT2D eigenvalue weighted by molar-refractivity contribution is 0.306. The number of fused-ring (bicyclic) bond motifs is 1. The van der Waals surface area contributed by atoms with E-state index >= 15 is 0 Å². The first-order valence-electron chi connectivity index (χ1n) is 5.77. The molecule has 19 heavy (non-hydrogen) atoms. The summed E-state index contributed by atoms with van der Waals surface area (Å²) < 4.78 is 19.7. The standard InChI is InChI=1S/C15H10ClFOS/c16-14-6-2-5-13-10(9-19-15(13)14)8-18-12-4-1-3-11(17)7-12/h1-7,9H,8H2. The summed E-state index contributed by atoms with van der Waals surface area (Å²) >= 11 is 7.72. The van der Waals surface area contributed by atoms with Crippen LogP contribution in [0.4, 0.5) is 4.39 Å². The molecule has 0 N–H and O–H groups in total. The van der Waals surface area contributed by atoms with E-state index in [1.165, 1.54) is 12.1 Å². The molecule has 3 aromatic rings. The van der Waals surface area contributed by atoms with E-state index in [1.807, 2.05) is 23.6 Å². The Morgan fingerprint density at radius 2 is 2.00 bits per heavy atom. The fourth-order valence-corrected chi connectivity index (χ4v) is 3.17. The van der Waals surface area contributed by atoms with Crippen molar-refractivity contribution in [3.05, 3.63) is 64.2 Å². The predicted octanol–water partition coefficient (Wildman–Crippen LogP) is 5.27. The largest absolute Gasteiger partial charge is 0.489 e. The van der Waals surface area contributed by atoms with Crippen molar-refractivity contribution in [1.29, 1.82) is 0 Å². The van der Waals surface area contributed by atoms with E-state index in [2.05, 4.69) is 0 Å². The normalized spacial score (nSPS) is 10.8. The van der Waals surface area contributed by atoms with E-state index in [9.17, 15) is 4.39 Å². The van der Waals surface area contributed by atoms with Crippen molar-refractivity contribution in [1.82, 2.24) is 0 Å². The Kier molecular flexibility index (Phi) is 3.40. The summed E-state index contributed by atoms with van der Waals surface area (Å²) in [7, 11) is 0. The van der Waals surface area contributed by atoms with Gasteiger partial charge in [-0.1, -0.05) is 29.8 Å². The third-order valence-electron chi connectivity index (χ3n) is 2.82. The highest BCUT2D eigenvalue weighted by Crippen LogP contribution is 2.32. The molecule has 0 amide bonds. The summed E-state index contributed by atoms with van der Waals surface area (Å²) in [4.78, 5) is 0. The van der Waals surface area contributed by atoms with Crippen LogP contribution in [-0.2, 0) is 6.61 Å². The van der Waals surface area contributed by atoms with Crippen molar-refractivity contribution in [3.63, 3.8) is 0 Å². The van der Waals surface area contributed by atoms with E-state index in [-0.39, 0.29) is 5.82 Å². The summed E-state index contributed by atoms with van der Waals surface area (Å²) in [6, 6.07) is 12.0. The smallest absolute Gasteiger partial charge is 0.126 e. The number of thiophene rings is 1. The third-order valence-corrected chi connectivity index (χ3v) is 4.33. The molecule has 3 rings (SSSR count). The second kappa shape index (κ2) is 5.19. The Morgan fingerprint density at radius 3 is 2.84 bits per heavy atom. The molecule has 0 unspecified atom stereocenters. The van der Waals surface area contributed by atoms with Gasteiger partial charge in [-0.2, -0.15) is 0 Å². The quantitative estimate of drug-likeness (QED) is 0.639. The summed E-state index contributed by atoms with van der Waals surface area (Å²) in [6.07, 6.45) is 0. The lowest BCUT2D eigenvalue weighted by atomic mass is 10.2. The molecule has 1 nitrogen and oxygen atoms in total. The molecule has 0 atom stereocenters. The predicted molar refractivity (Wildman–Crippen MR) is 77.6 cm³/mol. The van der Waals surface area contributed by atoms with Gasteiger partial charge in [-0.15, -0.1) is 11.3 Å². The van der Waals surface area contributed by atoms with E-state index < -0.39 is 0 Å². The Balaban J connectivity index is 1.84. The Hall–Kier alpha value is -1.58. The fourth-order valence-electron chi connectivity index (χ4n) is 1.90. The Bertz CT molecular complexity index is 723. The van der Waals surface area contributed by atoms with E-state index in [0.29, 0.717) is 12.4 Å². The zero-order chi connectivity index (χ0) is 13.2. The fraction of sp³-hybridized carbons (Fsp3) is 0.0667. The van der Waals surface area contributed by atoms with Crippen LogP contribution < -0.4 is 4.74 Å². The number of rotatable bonds is 3. The Labute approximate surface area is 119 Å². The van der Waals surface area contributed by atoms with Gasteiger partial charge < -0.3 is 4.74 Å². The first kappa shape index (κ1) is 12.5. The molecule has 96 valence electrons. The van der Waals surface area contributed by atoms with Crippen molar-refractivity contribution >= 4 is 33.0 Å². The van der Waals surface area contributed by atoms with Crippen LogP contribution in [0.1, 0.15) is 5.56 Å². The number of ether oxygens (including phenoxy) is 1. The van der Waals surface area contributed by atoms with Gasteiger partial charge in [0, 0.05) is 17.0 Å². The molecule has 4 heteroatoms. The van der Waals surface area contributed by atoms with E-state index in [0.717, 1.165) is 20.7 Å². The van der Waals surface area contributed by atoms with Crippen molar-refractivity contribution in [2.45, 2.75) is 6.61 Å². The van der Waals surface area contributed by atoms with Crippen LogP contribution in [0.5, 0.6) is 5.75 Å². The Morgan fingerprint density at radius 1 is 1.16 bits per heavy atom. The van der Waals surface area contributed by atoms with Crippen LogP contribution in [0.2, 0.25) is 5.02 Å². The molecule has 2 aromatic carbocycles. The molecule has 0 saturated carbocycles. The minimum absolute atomic E-state index is 0.296. The van der Waals surface area contributed by atoms with Crippen LogP contribution in [-0.4, -0.2) is 0 Å². The van der Waals surface area contributed by atoms with Gasteiger partial charge >= 0.3 is 0 Å². The molecule has 1 heterocycles. The average Bonchev–Trinajstić information content (AvgIpc) is 2.81. The second-order valence-corrected chi connectivity index (χ2v) is 5.41.